The second-order valence-electron chi connectivity index (χ2n) is 6.27. The second kappa shape index (κ2) is 18.5. The normalized spacial score (nSPS) is 13.1. The summed E-state index contributed by atoms with van der Waals surface area (Å²) in [5.74, 6) is -0.878. The third-order valence-corrected chi connectivity index (χ3v) is 3.75. The van der Waals surface area contributed by atoms with E-state index in [1.807, 2.05) is 13.0 Å². The summed E-state index contributed by atoms with van der Waals surface area (Å²) in [5, 5.41) is 8.61. The van der Waals surface area contributed by atoms with Crippen LogP contribution in [-0.2, 0) is 4.79 Å². The lowest BCUT2D eigenvalue weighted by Crippen LogP contribution is -1.87. The van der Waals surface area contributed by atoms with Gasteiger partial charge < -0.3 is 5.11 Å². The molecule has 0 unspecified atom stereocenters. The first-order valence-corrected chi connectivity index (χ1v) is 9.69. The Hall–Kier alpha value is -1.83. The molecule has 0 aliphatic heterocycles. The van der Waals surface area contributed by atoms with Crippen LogP contribution in [0.4, 0.5) is 0 Å². The van der Waals surface area contributed by atoms with Gasteiger partial charge in [0.15, 0.2) is 0 Å². The van der Waals surface area contributed by atoms with Crippen molar-refractivity contribution in [2.24, 2.45) is 0 Å². The Morgan fingerprint density at radius 2 is 1.28 bits per heavy atom. The van der Waals surface area contributed by atoms with E-state index >= 15 is 0 Å². The van der Waals surface area contributed by atoms with Gasteiger partial charge in [-0.05, 0) is 57.4 Å². The molecule has 0 saturated heterocycles. The van der Waals surface area contributed by atoms with Gasteiger partial charge in [-0.3, -0.25) is 0 Å². The molecular formula is C23H36O2. The zero-order chi connectivity index (χ0) is 18.6. The molecule has 0 aliphatic carbocycles. The van der Waals surface area contributed by atoms with Gasteiger partial charge >= 0.3 is 5.97 Å². The Morgan fingerprint density at radius 3 is 1.88 bits per heavy atom. The van der Waals surface area contributed by atoms with Crippen LogP contribution in [0.15, 0.2) is 60.3 Å². The number of carboxylic acid groups (broad SMARTS) is 1. The minimum Gasteiger partial charge on any atom is -0.478 e. The quantitative estimate of drug-likeness (QED) is 0.148. The summed E-state index contributed by atoms with van der Waals surface area (Å²) in [7, 11) is 0. The summed E-state index contributed by atoms with van der Waals surface area (Å²) in [5.41, 5.74) is 0.798. The highest BCUT2D eigenvalue weighted by molar-refractivity contribution is 5.81. The smallest absolute Gasteiger partial charge is 0.328 e. The van der Waals surface area contributed by atoms with Gasteiger partial charge in [0.25, 0.3) is 0 Å². The highest BCUT2D eigenvalue weighted by atomic mass is 16.4. The van der Waals surface area contributed by atoms with Gasteiger partial charge in [-0.2, -0.15) is 0 Å². The Balaban J connectivity index is 3.41. The van der Waals surface area contributed by atoms with E-state index in [0.717, 1.165) is 31.3 Å². The van der Waals surface area contributed by atoms with Crippen LogP contribution in [0.25, 0.3) is 0 Å². The van der Waals surface area contributed by atoms with Crippen LogP contribution in [0, 0.1) is 0 Å². The van der Waals surface area contributed by atoms with Crippen LogP contribution >= 0.6 is 0 Å². The Morgan fingerprint density at radius 1 is 0.760 bits per heavy atom. The molecule has 0 bridgehead atoms. The van der Waals surface area contributed by atoms with E-state index in [0.29, 0.717) is 0 Å². The van der Waals surface area contributed by atoms with Crippen LogP contribution < -0.4 is 0 Å². The van der Waals surface area contributed by atoms with Gasteiger partial charge in [-0.25, -0.2) is 4.79 Å². The molecule has 140 valence electrons. The van der Waals surface area contributed by atoms with Crippen molar-refractivity contribution < 1.29 is 9.90 Å². The van der Waals surface area contributed by atoms with Crippen LogP contribution in [0.2, 0.25) is 0 Å². The Kier molecular flexibility index (Phi) is 17.2. The van der Waals surface area contributed by atoms with Crippen molar-refractivity contribution in [2.75, 3.05) is 0 Å². The van der Waals surface area contributed by atoms with E-state index in [4.69, 9.17) is 5.11 Å². The fourth-order valence-electron chi connectivity index (χ4n) is 2.39. The SMILES string of the molecule is CCC=CCC=CCC=CCCCCCCCC=C/C(C)=C/C(=O)O. The van der Waals surface area contributed by atoms with E-state index in [1.54, 1.807) is 0 Å². The van der Waals surface area contributed by atoms with E-state index in [2.05, 4.69) is 49.5 Å². The average molecular weight is 345 g/mol. The maximum absolute atomic E-state index is 10.5. The number of rotatable bonds is 15. The first-order chi connectivity index (χ1) is 12.2. The number of hydrogen-bond acceptors (Lipinski definition) is 1. The lowest BCUT2D eigenvalue weighted by Gasteiger charge is -1.98. The first kappa shape index (κ1) is 23.2. The molecule has 0 heterocycles. The maximum Gasteiger partial charge on any atom is 0.328 e. The molecule has 2 nitrogen and oxygen atoms in total. The number of aliphatic carboxylic acids is 1. The number of carbonyl (C=O) groups is 1. The molecule has 0 spiro atoms. The molecule has 0 rings (SSSR count). The van der Waals surface area contributed by atoms with Crippen LogP contribution in [0.1, 0.15) is 78.1 Å². The number of carboxylic acids is 1. The molecule has 25 heavy (non-hydrogen) atoms. The molecular weight excluding hydrogens is 308 g/mol. The van der Waals surface area contributed by atoms with Crippen molar-refractivity contribution in [2.45, 2.75) is 78.1 Å². The minimum absolute atomic E-state index is 0.798. The van der Waals surface area contributed by atoms with Crippen molar-refractivity contribution in [1.82, 2.24) is 0 Å². The first-order valence-electron chi connectivity index (χ1n) is 9.69. The molecule has 2 heteroatoms. The summed E-state index contributed by atoms with van der Waals surface area (Å²) in [6, 6.07) is 0. The second-order valence-corrected chi connectivity index (χ2v) is 6.27. The third-order valence-electron chi connectivity index (χ3n) is 3.75. The lowest BCUT2D eigenvalue weighted by atomic mass is 10.1. The highest BCUT2D eigenvalue weighted by Gasteiger charge is 1.91. The van der Waals surface area contributed by atoms with Gasteiger partial charge in [-0.15, -0.1) is 0 Å². The van der Waals surface area contributed by atoms with Gasteiger partial charge in [0.05, 0.1) is 0 Å². The largest absolute Gasteiger partial charge is 0.478 e. The molecule has 0 amide bonds. The van der Waals surface area contributed by atoms with Crippen LogP contribution in [0.5, 0.6) is 0 Å². The fourth-order valence-corrected chi connectivity index (χ4v) is 2.39. The van der Waals surface area contributed by atoms with Crippen molar-refractivity contribution >= 4 is 5.97 Å². The Labute approximate surface area is 154 Å². The monoisotopic (exact) mass is 344 g/mol. The van der Waals surface area contributed by atoms with Gasteiger partial charge in [0.1, 0.15) is 0 Å². The van der Waals surface area contributed by atoms with E-state index in [9.17, 15) is 4.79 Å². The zero-order valence-corrected chi connectivity index (χ0v) is 16.1. The van der Waals surface area contributed by atoms with Crippen molar-refractivity contribution in [3.05, 3.63) is 60.3 Å². The third kappa shape index (κ3) is 20.1. The molecule has 0 aromatic carbocycles. The molecule has 0 aliphatic rings. The molecule has 1 N–H and O–H groups in total. The number of hydrogen-bond donors (Lipinski definition) is 1. The van der Waals surface area contributed by atoms with Gasteiger partial charge in [0, 0.05) is 6.08 Å². The molecule has 0 aromatic heterocycles. The maximum atomic E-state index is 10.5. The topological polar surface area (TPSA) is 37.3 Å². The number of allylic oxidation sites excluding steroid dienone is 9. The van der Waals surface area contributed by atoms with Crippen LogP contribution in [0.3, 0.4) is 0 Å². The van der Waals surface area contributed by atoms with E-state index in [1.165, 1.54) is 44.6 Å². The standard InChI is InChI=1S/C23H36O2/c1-3-4-5-6-7-8-9-10-11-12-13-14-15-16-17-18-19-20-22(2)21-23(24)25/h4-5,7-8,10-11,19-21H,3,6,9,12-18H2,1-2H3,(H,24,25)/b5-4?,8-7?,11-10?,20-19?,22-21+. The van der Waals surface area contributed by atoms with E-state index < -0.39 is 5.97 Å². The highest BCUT2D eigenvalue weighted by Crippen LogP contribution is 2.09. The van der Waals surface area contributed by atoms with Crippen LogP contribution in [-0.4, -0.2) is 11.1 Å². The summed E-state index contributed by atoms with van der Waals surface area (Å²) in [4.78, 5) is 10.5. The molecule has 0 radical (unpaired) electrons. The Bertz CT molecular complexity index is 464. The summed E-state index contributed by atoms with van der Waals surface area (Å²) < 4.78 is 0. The predicted octanol–water partition coefficient (Wildman–Crippen LogP) is 7.16. The van der Waals surface area contributed by atoms with Crippen molar-refractivity contribution in [3.8, 4) is 0 Å². The van der Waals surface area contributed by atoms with E-state index in [-0.39, 0.29) is 0 Å². The summed E-state index contributed by atoms with van der Waals surface area (Å²) in [6.07, 6.45) is 30.4. The lowest BCUT2D eigenvalue weighted by molar-refractivity contribution is -0.131. The predicted molar refractivity (Wildman–Crippen MR) is 110 cm³/mol. The van der Waals surface area contributed by atoms with Crippen molar-refractivity contribution in [1.29, 1.82) is 0 Å². The number of unbranched alkanes of at least 4 members (excludes halogenated alkanes) is 6. The fraction of sp³-hybridized carbons (Fsp3) is 0.522. The van der Waals surface area contributed by atoms with Gasteiger partial charge in [-0.1, -0.05) is 74.8 Å². The minimum atomic E-state index is -0.878. The average Bonchev–Trinajstić information content (AvgIpc) is 2.57. The van der Waals surface area contributed by atoms with Crippen molar-refractivity contribution in [3.63, 3.8) is 0 Å². The molecule has 0 atom stereocenters. The molecule has 0 aromatic rings. The molecule has 0 saturated carbocycles. The zero-order valence-electron chi connectivity index (χ0n) is 16.1. The summed E-state index contributed by atoms with van der Waals surface area (Å²) >= 11 is 0. The summed E-state index contributed by atoms with van der Waals surface area (Å²) in [6.45, 7) is 3.97. The van der Waals surface area contributed by atoms with Gasteiger partial charge in [0.2, 0.25) is 0 Å². The molecule has 0 fully saturated rings.